The Hall–Kier alpha value is -2.99. The summed E-state index contributed by atoms with van der Waals surface area (Å²) in [5.41, 5.74) is 1.38. The quantitative estimate of drug-likeness (QED) is 0.286. The summed E-state index contributed by atoms with van der Waals surface area (Å²) in [4.78, 5) is 34.4. The summed E-state index contributed by atoms with van der Waals surface area (Å²) >= 11 is 0. The number of rotatable bonds is 12. The van der Waals surface area contributed by atoms with Crippen LogP contribution in [0.25, 0.3) is 5.76 Å². The van der Waals surface area contributed by atoms with Crippen LogP contribution >= 0.6 is 0 Å². The second-order valence-corrected chi connectivity index (χ2v) is 8.55. The molecule has 3 rings (SSSR count). The van der Waals surface area contributed by atoms with Gasteiger partial charge in [0.2, 0.25) is 0 Å². The van der Waals surface area contributed by atoms with Crippen LogP contribution in [0.2, 0.25) is 0 Å². The van der Waals surface area contributed by atoms with Crippen molar-refractivity contribution >= 4 is 17.4 Å². The van der Waals surface area contributed by atoms with Crippen LogP contribution < -0.4 is 0 Å². The number of ketones is 1. The fraction of sp³-hybridized carbons (Fsp3) is 0.444. The number of hydrogen-bond donors (Lipinski definition) is 1. The van der Waals surface area contributed by atoms with E-state index in [0.29, 0.717) is 12.1 Å². The molecule has 0 aliphatic carbocycles. The normalized spacial score (nSPS) is 17.8. The van der Waals surface area contributed by atoms with Crippen LogP contribution in [0.5, 0.6) is 0 Å². The summed E-state index contributed by atoms with van der Waals surface area (Å²) in [5.74, 6) is -1.34. The topological polar surface area (TPSA) is 73.7 Å². The SMILES string of the molecule is CCCCN(CCCC)CCCN1C(=O)C(=O)C(=C(O)c2ccccc2)[C@H]1c1cccnc1. The predicted octanol–water partition coefficient (Wildman–Crippen LogP) is 4.80. The molecule has 1 aromatic heterocycles. The Bertz CT molecular complexity index is 936. The molecule has 1 N–H and O–H groups in total. The van der Waals surface area contributed by atoms with Crippen LogP contribution in [0, 0.1) is 0 Å². The van der Waals surface area contributed by atoms with E-state index in [1.807, 2.05) is 12.1 Å². The number of aliphatic hydroxyl groups is 1. The molecule has 1 fully saturated rings. The summed E-state index contributed by atoms with van der Waals surface area (Å²) in [5, 5.41) is 11.0. The highest BCUT2D eigenvalue weighted by Crippen LogP contribution is 2.39. The molecule has 1 aliphatic heterocycles. The Balaban J connectivity index is 1.85. The number of carbonyl (C=O) groups excluding carboxylic acids is 2. The van der Waals surface area contributed by atoms with E-state index < -0.39 is 17.7 Å². The van der Waals surface area contributed by atoms with Gasteiger partial charge in [0.15, 0.2) is 0 Å². The number of carbonyl (C=O) groups is 2. The number of benzene rings is 1. The van der Waals surface area contributed by atoms with Gasteiger partial charge in [0.25, 0.3) is 11.7 Å². The lowest BCUT2D eigenvalue weighted by molar-refractivity contribution is -0.140. The fourth-order valence-electron chi connectivity index (χ4n) is 4.31. The van der Waals surface area contributed by atoms with Gasteiger partial charge in [-0.15, -0.1) is 0 Å². The molecule has 1 saturated heterocycles. The van der Waals surface area contributed by atoms with E-state index in [0.717, 1.165) is 57.3 Å². The number of Topliss-reactive ketones (excluding diaryl/α,β-unsaturated/α-hetero) is 1. The molecule has 2 aromatic rings. The van der Waals surface area contributed by atoms with Crippen molar-refractivity contribution < 1.29 is 14.7 Å². The molecular formula is C27H35N3O3. The van der Waals surface area contributed by atoms with Gasteiger partial charge in [-0.05, 0) is 50.5 Å². The minimum absolute atomic E-state index is 0.132. The first kappa shape index (κ1) is 24.6. The Morgan fingerprint density at radius 1 is 0.970 bits per heavy atom. The predicted molar refractivity (Wildman–Crippen MR) is 131 cm³/mol. The average Bonchev–Trinajstić information content (AvgIpc) is 3.11. The van der Waals surface area contributed by atoms with Crippen LogP contribution in [0.4, 0.5) is 0 Å². The number of nitrogens with zero attached hydrogens (tertiary/aromatic N) is 3. The second kappa shape index (κ2) is 12.3. The summed E-state index contributed by atoms with van der Waals surface area (Å²) in [6.07, 6.45) is 8.70. The van der Waals surface area contributed by atoms with E-state index in [-0.39, 0.29) is 11.3 Å². The number of unbranched alkanes of at least 4 members (excludes halogenated alkanes) is 2. The molecule has 1 aliphatic rings. The minimum atomic E-state index is -0.640. The van der Waals surface area contributed by atoms with E-state index >= 15 is 0 Å². The first-order valence-corrected chi connectivity index (χ1v) is 12.0. The fourth-order valence-corrected chi connectivity index (χ4v) is 4.31. The number of likely N-dealkylation sites (tertiary alicyclic amines) is 1. The van der Waals surface area contributed by atoms with Gasteiger partial charge >= 0.3 is 0 Å². The number of amides is 1. The molecule has 1 aromatic carbocycles. The maximum Gasteiger partial charge on any atom is 0.295 e. The Morgan fingerprint density at radius 2 is 1.64 bits per heavy atom. The average molecular weight is 450 g/mol. The zero-order valence-corrected chi connectivity index (χ0v) is 19.7. The molecule has 0 saturated carbocycles. The van der Waals surface area contributed by atoms with Gasteiger partial charge < -0.3 is 14.9 Å². The summed E-state index contributed by atoms with van der Waals surface area (Å²) in [6.45, 7) is 7.81. The number of pyridine rings is 1. The molecule has 0 spiro atoms. The molecule has 176 valence electrons. The largest absolute Gasteiger partial charge is 0.507 e. The zero-order chi connectivity index (χ0) is 23.6. The Kier molecular flexibility index (Phi) is 9.19. The van der Waals surface area contributed by atoms with Crippen molar-refractivity contribution in [3.05, 3.63) is 71.6 Å². The van der Waals surface area contributed by atoms with Crippen molar-refractivity contribution in [3.8, 4) is 0 Å². The molecule has 6 nitrogen and oxygen atoms in total. The highest BCUT2D eigenvalue weighted by molar-refractivity contribution is 6.46. The van der Waals surface area contributed by atoms with E-state index in [2.05, 4.69) is 23.7 Å². The lowest BCUT2D eigenvalue weighted by Crippen LogP contribution is -2.34. The van der Waals surface area contributed by atoms with Crippen molar-refractivity contribution in [2.45, 2.75) is 52.0 Å². The van der Waals surface area contributed by atoms with Gasteiger partial charge in [0.05, 0.1) is 11.6 Å². The van der Waals surface area contributed by atoms with Crippen molar-refractivity contribution in [1.82, 2.24) is 14.8 Å². The molecule has 0 bridgehead atoms. The highest BCUT2D eigenvalue weighted by atomic mass is 16.3. The van der Waals surface area contributed by atoms with Gasteiger partial charge in [-0.1, -0.05) is 63.1 Å². The van der Waals surface area contributed by atoms with Crippen molar-refractivity contribution in [2.24, 2.45) is 0 Å². The third-order valence-corrected chi connectivity index (χ3v) is 6.12. The molecule has 1 amide bonds. The highest BCUT2D eigenvalue weighted by Gasteiger charge is 2.45. The first-order chi connectivity index (χ1) is 16.1. The van der Waals surface area contributed by atoms with Gasteiger partial charge in [-0.3, -0.25) is 14.6 Å². The van der Waals surface area contributed by atoms with Crippen molar-refractivity contribution in [1.29, 1.82) is 0 Å². The smallest absolute Gasteiger partial charge is 0.295 e. The molecular weight excluding hydrogens is 414 g/mol. The van der Waals surface area contributed by atoms with Crippen LogP contribution in [0.1, 0.15) is 63.1 Å². The third kappa shape index (κ3) is 6.08. The molecule has 0 unspecified atom stereocenters. The standard InChI is InChI=1S/C27H35N3O3/c1-3-5-16-29(17-6-4-2)18-11-19-30-24(22-14-10-15-28-20-22)23(26(32)27(30)33)25(31)21-12-8-7-9-13-21/h7-10,12-15,20,24,31H,3-6,11,16-19H2,1-2H3/t24-/m1/s1. The van der Waals surface area contributed by atoms with Crippen molar-refractivity contribution in [2.75, 3.05) is 26.2 Å². The lowest BCUT2D eigenvalue weighted by Gasteiger charge is -2.27. The van der Waals surface area contributed by atoms with E-state index in [9.17, 15) is 14.7 Å². The summed E-state index contributed by atoms with van der Waals surface area (Å²) < 4.78 is 0. The number of aliphatic hydroxyl groups excluding tert-OH is 1. The maximum absolute atomic E-state index is 13.1. The number of aromatic nitrogens is 1. The lowest BCUT2D eigenvalue weighted by atomic mass is 9.96. The summed E-state index contributed by atoms with van der Waals surface area (Å²) in [6, 6.07) is 11.9. The maximum atomic E-state index is 13.1. The van der Waals surface area contributed by atoms with Crippen molar-refractivity contribution in [3.63, 3.8) is 0 Å². The Morgan fingerprint density at radius 3 is 2.24 bits per heavy atom. The van der Waals surface area contributed by atoms with Crippen LogP contribution in [0.15, 0.2) is 60.4 Å². The second-order valence-electron chi connectivity index (χ2n) is 8.55. The van der Waals surface area contributed by atoms with Gasteiger partial charge in [-0.2, -0.15) is 0 Å². The molecule has 2 heterocycles. The minimum Gasteiger partial charge on any atom is -0.507 e. The van der Waals surface area contributed by atoms with E-state index in [4.69, 9.17) is 0 Å². The van der Waals surface area contributed by atoms with Gasteiger partial charge in [-0.25, -0.2) is 0 Å². The summed E-state index contributed by atoms with van der Waals surface area (Å²) in [7, 11) is 0. The van der Waals surface area contributed by atoms with Crippen LogP contribution in [-0.2, 0) is 9.59 Å². The third-order valence-electron chi connectivity index (χ3n) is 6.12. The monoisotopic (exact) mass is 449 g/mol. The van der Waals surface area contributed by atoms with Crippen LogP contribution in [0.3, 0.4) is 0 Å². The van der Waals surface area contributed by atoms with Gasteiger partial charge in [0, 0.05) is 24.5 Å². The molecule has 1 atom stereocenters. The number of hydrogen-bond acceptors (Lipinski definition) is 5. The van der Waals surface area contributed by atoms with Crippen LogP contribution in [-0.4, -0.2) is 57.8 Å². The first-order valence-electron chi connectivity index (χ1n) is 12.0. The van der Waals surface area contributed by atoms with E-state index in [1.54, 1.807) is 47.6 Å². The molecule has 0 radical (unpaired) electrons. The zero-order valence-electron chi connectivity index (χ0n) is 19.7. The molecule has 33 heavy (non-hydrogen) atoms. The van der Waals surface area contributed by atoms with Gasteiger partial charge in [0.1, 0.15) is 5.76 Å². The Labute approximate surface area is 196 Å². The van der Waals surface area contributed by atoms with E-state index in [1.165, 1.54) is 0 Å². The molecule has 6 heteroatoms.